The molecule has 4 rings (SSSR count). The average molecular weight is 481 g/mol. The van der Waals surface area contributed by atoms with Crippen LogP contribution in [0.1, 0.15) is 61.0 Å². The second-order valence-corrected chi connectivity index (χ2v) is 9.35. The minimum atomic E-state index is -0.664. The molecule has 2 aromatic heterocycles. The quantitative estimate of drug-likeness (QED) is 0.354. The van der Waals surface area contributed by atoms with Crippen LogP contribution < -0.4 is 10.1 Å². The number of aliphatic hydroxyl groups is 2. The van der Waals surface area contributed by atoms with Gasteiger partial charge in [-0.15, -0.1) is 0 Å². The summed E-state index contributed by atoms with van der Waals surface area (Å²) in [4.78, 5) is 9.47. The fourth-order valence-electron chi connectivity index (χ4n) is 4.74. The number of aromatic nitrogens is 3. The minimum Gasteiger partial charge on any atom is -0.490 e. The second-order valence-electron chi connectivity index (χ2n) is 9.35. The van der Waals surface area contributed by atoms with E-state index in [0.717, 1.165) is 45.8 Å². The molecule has 0 spiro atoms. The lowest BCUT2D eigenvalue weighted by molar-refractivity contribution is 0.104. The summed E-state index contributed by atoms with van der Waals surface area (Å²) in [6.45, 7) is 7.07. The summed E-state index contributed by atoms with van der Waals surface area (Å²) in [6.07, 6.45) is 5.01. The summed E-state index contributed by atoms with van der Waals surface area (Å²) >= 11 is 0. The number of benzene rings is 1. The Kier molecular flexibility index (Phi) is 8.49. The summed E-state index contributed by atoms with van der Waals surface area (Å²) in [5.74, 6) is 2.32. The first-order chi connectivity index (χ1) is 17.0. The molecule has 188 valence electrons. The number of nitrogens with one attached hydrogen (secondary N) is 1. The van der Waals surface area contributed by atoms with E-state index in [0.29, 0.717) is 30.7 Å². The molecule has 8 heteroatoms. The lowest BCUT2D eigenvalue weighted by Gasteiger charge is -2.17. The largest absolute Gasteiger partial charge is 0.490 e. The monoisotopic (exact) mass is 480 g/mol. The first-order valence-electron chi connectivity index (χ1n) is 12.6. The standard InChI is InChI=1S/C27H36N4O4/c1-4-19-13-21(11-17(2)25(19)34-16-23(33)15-28-9-10-32)26-30-27(35-31-26)22-12-18(3)29-24(14-22)20-7-5-6-8-20/h11-14,20,23,28,32-33H,4-10,15-16H2,1-3H3. The Bertz CT molecular complexity index is 1120. The van der Waals surface area contributed by atoms with Crippen LogP contribution in [0.25, 0.3) is 22.8 Å². The van der Waals surface area contributed by atoms with Gasteiger partial charge in [-0.3, -0.25) is 4.98 Å². The number of aryl methyl sites for hydroxylation is 3. The fraction of sp³-hybridized carbons (Fsp3) is 0.519. The topological polar surface area (TPSA) is 114 Å². The van der Waals surface area contributed by atoms with Crippen molar-refractivity contribution in [1.82, 2.24) is 20.4 Å². The highest BCUT2D eigenvalue weighted by Crippen LogP contribution is 2.35. The molecule has 1 atom stereocenters. The van der Waals surface area contributed by atoms with Crippen molar-refractivity contribution in [1.29, 1.82) is 0 Å². The van der Waals surface area contributed by atoms with Gasteiger partial charge in [0.15, 0.2) is 0 Å². The van der Waals surface area contributed by atoms with Gasteiger partial charge in [-0.1, -0.05) is 24.9 Å². The summed E-state index contributed by atoms with van der Waals surface area (Å²) in [7, 11) is 0. The molecule has 1 fully saturated rings. The van der Waals surface area contributed by atoms with E-state index >= 15 is 0 Å². The third kappa shape index (κ3) is 6.25. The number of aliphatic hydroxyl groups excluding tert-OH is 2. The average Bonchev–Trinajstić information content (AvgIpc) is 3.55. The molecule has 1 saturated carbocycles. The van der Waals surface area contributed by atoms with Crippen LogP contribution in [0.15, 0.2) is 28.8 Å². The molecule has 2 heterocycles. The van der Waals surface area contributed by atoms with E-state index in [-0.39, 0.29) is 13.2 Å². The van der Waals surface area contributed by atoms with Gasteiger partial charge >= 0.3 is 0 Å². The number of pyridine rings is 1. The van der Waals surface area contributed by atoms with Gasteiger partial charge in [0.1, 0.15) is 18.5 Å². The fourth-order valence-corrected chi connectivity index (χ4v) is 4.74. The number of nitrogens with zero attached hydrogens (tertiary/aromatic N) is 3. The summed E-state index contributed by atoms with van der Waals surface area (Å²) < 4.78 is 11.6. The van der Waals surface area contributed by atoms with Crippen LogP contribution in [0.3, 0.4) is 0 Å². The molecule has 8 nitrogen and oxygen atoms in total. The molecule has 0 bridgehead atoms. The van der Waals surface area contributed by atoms with Crippen LogP contribution in [0.5, 0.6) is 5.75 Å². The maximum Gasteiger partial charge on any atom is 0.258 e. The molecule has 0 radical (unpaired) electrons. The van der Waals surface area contributed by atoms with Gasteiger partial charge in [-0.25, -0.2) is 0 Å². The number of hydrogen-bond acceptors (Lipinski definition) is 8. The zero-order valence-electron chi connectivity index (χ0n) is 20.9. The van der Waals surface area contributed by atoms with Gasteiger partial charge in [0.05, 0.1) is 6.61 Å². The van der Waals surface area contributed by atoms with Crippen molar-refractivity contribution in [3.8, 4) is 28.6 Å². The molecule has 1 aromatic carbocycles. The highest BCUT2D eigenvalue weighted by Gasteiger charge is 2.21. The van der Waals surface area contributed by atoms with Crippen molar-refractivity contribution in [3.63, 3.8) is 0 Å². The second kappa shape index (κ2) is 11.7. The molecule has 1 aliphatic carbocycles. The van der Waals surface area contributed by atoms with Crippen molar-refractivity contribution < 1.29 is 19.5 Å². The normalized spacial score (nSPS) is 15.0. The molecule has 3 N–H and O–H groups in total. The molecule has 35 heavy (non-hydrogen) atoms. The maximum absolute atomic E-state index is 10.1. The van der Waals surface area contributed by atoms with E-state index in [1.165, 1.54) is 25.7 Å². The molecule has 0 aliphatic heterocycles. The van der Waals surface area contributed by atoms with Crippen molar-refractivity contribution in [2.24, 2.45) is 0 Å². The SMILES string of the molecule is CCc1cc(-c2noc(-c3cc(C)nc(C4CCCC4)c3)n2)cc(C)c1OCC(O)CNCCO. The Labute approximate surface area is 206 Å². The van der Waals surface area contributed by atoms with Gasteiger partial charge < -0.3 is 24.8 Å². The van der Waals surface area contributed by atoms with Crippen LogP contribution >= 0.6 is 0 Å². The first kappa shape index (κ1) is 25.3. The lowest BCUT2D eigenvalue weighted by atomic mass is 10.0. The molecule has 0 amide bonds. The predicted molar refractivity (Wildman–Crippen MR) is 134 cm³/mol. The summed E-state index contributed by atoms with van der Waals surface area (Å²) in [6, 6.07) is 8.10. The maximum atomic E-state index is 10.1. The van der Waals surface area contributed by atoms with Crippen LogP contribution in [-0.4, -0.2) is 57.7 Å². The molecular formula is C27H36N4O4. The van der Waals surface area contributed by atoms with Crippen molar-refractivity contribution in [2.75, 3.05) is 26.3 Å². The van der Waals surface area contributed by atoms with Crippen LogP contribution in [0.4, 0.5) is 0 Å². The molecule has 0 saturated heterocycles. The Hall–Kier alpha value is -2.81. The highest BCUT2D eigenvalue weighted by atomic mass is 16.5. The van der Waals surface area contributed by atoms with E-state index in [1.54, 1.807) is 0 Å². The Morgan fingerprint density at radius 3 is 2.66 bits per heavy atom. The third-order valence-corrected chi connectivity index (χ3v) is 6.50. The highest BCUT2D eigenvalue weighted by molar-refractivity contribution is 5.64. The van der Waals surface area contributed by atoms with Crippen LogP contribution in [0, 0.1) is 13.8 Å². The van der Waals surface area contributed by atoms with Gasteiger partial charge in [-0.05, 0) is 68.5 Å². The zero-order chi connectivity index (χ0) is 24.8. The Morgan fingerprint density at radius 2 is 1.91 bits per heavy atom. The number of rotatable bonds is 11. The lowest BCUT2D eigenvalue weighted by Crippen LogP contribution is -2.33. The summed E-state index contributed by atoms with van der Waals surface area (Å²) in [5, 5.41) is 26.2. The van der Waals surface area contributed by atoms with E-state index in [2.05, 4.69) is 23.5 Å². The first-order valence-corrected chi connectivity index (χ1v) is 12.6. The van der Waals surface area contributed by atoms with Crippen molar-refractivity contribution >= 4 is 0 Å². The van der Waals surface area contributed by atoms with E-state index in [9.17, 15) is 5.11 Å². The van der Waals surface area contributed by atoms with Crippen molar-refractivity contribution in [3.05, 3.63) is 46.8 Å². The number of ether oxygens (including phenoxy) is 1. The molecule has 3 aromatic rings. The molecular weight excluding hydrogens is 444 g/mol. The molecule has 1 unspecified atom stereocenters. The zero-order valence-corrected chi connectivity index (χ0v) is 20.9. The van der Waals surface area contributed by atoms with E-state index in [1.807, 2.05) is 32.0 Å². The van der Waals surface area contributed by atoms with Gasteiger partial charge in [0, 0.05) is 41.5 Å². The minimum absolute atomic E-state index is 0.0361. The summed E-state index contributed by atoms with van der Waals surface area (Å²) in [5.41, 5.74) is 5.83. The van der Waals surface area contributed by atoms with Crippen LogP contribution in [-0.2, 0) is 6.42 Å². The third-order valence-electron chi connectivity index (χ3n) is 6.50. The number of hydrogen-bond donors (Lipinski definition) is 3. The van der Waals surface area contributed by atoms with Gasteiger partial charge in [-0.2, -0.15) is 4.98 Å². The molecule has 1 aliphatic rings. The smallest absolute Gasteiger partial charge is 0.258 e. The predicted octanol–water partition coefficient (Wildman–Crippen LogP) is 3.96. The van der Waals surface area contributed by atoms with E-state index < -0.39 is 6.10 Å². The van der Waals surface area contributed by atoms with Gasteiger partial charge in [0.2, 0.25) is 5.82 Å². The van der Waals surface area contributed by atoms with Gasteiger partial charge in [0.25, 0.3) is 5.89 Å². The van der Waals surface area contributed by atoms with Crippen molar-refractivity contribution in [2.45, 2.75) is 64.9 Å². The Morgan fingerprint density at radius 1 is 1.11 bits per heavy atom. The van der Waals surface area contributed by atoms with E-state index in [4.69, 9.17) is 24.3 Å². The Balaban J connectivity index is 1.52. The van der Waals surface area contributed by atoms with Crippen LogP contribution in [0.2, 0.25) is 0 Å².